The zero-order valence-electron chi connectivity index (χ0n) is 11.0. The van der Waals surface area contributed by atoms with E-state index in [9.17, 15) is 4.79 Å². The Kier molecular flexibility index (Phi) is 3.70. The summed E-state index contributed by atoms with van der Waals surface area (Å²) in [4.78, 5) is 12.2. The molecule has 1 aromatic rings. The van der Waals surface area contributed by atoms with Crippen molar-refractivity contribution in [3.63, 3.8) is 0 Å². The van der Waals surface area contributed by atoms with Gasteiger partial charge in [-0.1, -0.05) is 12.2 Å². The number of ketones is 1. The molecule has 3 heteroatoms. The predicted octanol–water partition coefficient (Wildman–Crippen LogP) is 3.03. The number of carbonyl (C=O) groups excluding carboxylic acids is 1. The van der Waals surface area contributed by atoms with Crippen LogP contribution in [0.5, 0.6) is 11.5 Å². The molecule has 1 atom stereocenters. The molecule has 96 valence electrons. The Morgan fingerprint density at radius 3 is 2.56 bits per heavy atom. The van der Waals surface area contributed by atoms with Gasteiger partial charge in [0.2, 0.25) is 0 Å². The summed E-state index contributed by atoms with van der Waals surface area (Å²) in [5, 5.41) is 0. The molecule has 0 aromatic heterocycles. The highest BCUT2D eigenvalue weighted by atomic mass is 16.5. The SMILES string of the molecule is C/C=C/CC1Cc2cc(OC)c(OC)cc2C1=O. The molecule has 1 aromatic carbocycles. The normalized spacial score (nSPS) is 18.2. The highest BCUT2D eigenvalue weighted by Gasteiger charge is 2.31. The molecule has 0 spiro atoms. The fourth-order valence-electron chi connectivity index (χ4n) is 2.39. The highest BCUT2D eigenvalue weighted by Crippen LogP contribution is 2.37. The molecule has 0 fully saturated rings. The lowest BCUT2D eigenvalue weighted by molar-refractivity contribution is 0.0937. The molecular formula is C15H18O3. The fraction of sp³-hybridized carbons (Fsp3) is 0.400. The van der Waals surface area contributed by atoms with Gasteiger partial charge in [-0.15, -0.1) is 0 Å². The van der Waals surface area contributed by atoms with E-state index in [2.05, 4.69) is 0 Å². The van der Waals surface area contributed by atoms with E-state index >= 15 is 0 Å². The molecule has 0 bridgehead atoms. The third-order valence-electron chi connectivity index (χ3n) is 3.37. The topological polar surface area (TPSA) is 35.5 Å². The van der Waals surface area contributed by atoms with Crippen LogP contribution in [0.1, 0.15) is 29.3 Å². The Balaban J connectivity index is 2.33. The number of ether oxygens (including phenoxy) is 2. The van der Waals surface area contributed by atoms with Crippen molar-refractivity contribution in [3.05, 3.63) is 35.4 Å². The molecular weight excluding hydrogens is 228 g/mol. The summed E-state index contributed by atoms with van der Waals surface area (Å²) >= 11 is 0. The van der Waals surface area contributed by atoms with Crippen LogP contribution in [0.2, 0.25) is 0 Å². The number of allylic oxidation sites excluding steroid dienone is 2. The minimum atomic E-state index is 0.0630. The summed E-state index contributed by atoms with van der Waals surface area (Å²) in [6.07, 6.45) is 5.62. The summed E-state index contributed by atoms with van der Waals surface area (Å²) in [6, 6.07) is 3.72. The van der Waals surface area contributed by atoms with Gasteiger partial charge >= 0.3 is 0 Å². The van der Waals surface area contributed by atoms with Crippen molar-refractivity contribution in [2.75, 3.05) is 14.2 Å². The van der Waals surface area contributed by atoms with Crippen molar-refractivity contribution in [2.24, 2.45) is 5.92 Å². The zero-order valence-corrected chi connectivity index (χ0v) is 11.0. The van der Waals surface area contributed by atoms with Gasteiger partial charge in [-0.05, 0) is 37.5 Å². The number of fused-ring (bicyclic) bond motifs is 1. The smallest absolute Gasteiger partial charge is 0.167 e. The van der Waals surface area contributed by atoms with Crippen LogP contribution in [0.4, 0.5) is 0 Å². The maximum Gasteiger partial charge on any atom is 0.167 e. The van der Waals surface area contributed by atoms with Crippen molar-refractivity contribution in [1.29, 1.82) is 0 Å². The maximum atomic E-state index is 12.2. The summed E-state index contributed by atoms with van der Waals surface area (Å²) in [5.41, 5.74) is 1.84. The number of hydrogen-bond donors (Lipinski definition) is 0. The molecule has 0 N–H and O–H groups in total. The molecule has 3 nitrogen and oxygen atoms in total. The quantitative estimate of drug-likeness (QED) is 0.766. The van der Waals surface area contributed by atoms with Crippen molar-refractivity contribution in [1.82, 2.24) is 0 Å². The first kappa shape index (κ1) is 12.7. The number of hydrogen-bond acceptors (Lipinski definition) is 3. The molecule has 0 amide bonds. The summed E-state index contributed by atoms with van der Waals surface area (Å²) in [6.45, 7) is 1.97. The van der Waals surface area contributed by atoms with Crippen LogP contribution in [0, 0.1) is 5.92 Å². The van der Waals surface area contributed by atoms with Crippen LogP contribution in [-0.2, 0) is 6.42 Å². The average molecular weight is 246 g/mol. The second kappa shape index (κ2) is 5.25. The Morgan fingerprint density at radius 2 is 1.94 bits per heavy atom. The van der Waals surface area contributed by atoms with Crippen LogP contribution >= 0.6 is 0 Å². The summed E-state index contributed by atoms with van der Waals surface area (Å²) in [5.74, 6) is 1.59. The van der Waals surface area contributed by atoms with Gasteiger partial charge in [0.15, 0.2) is 17.3 Å². The number of carbonyl (C=O) groups is 1. The lowest BCUT2D eigenvalue weighted by Crippen LogP contribution is -2.07. The molecule has 0 saturated heterocycles. The van der Waals surface area contributed by atoms with E-state index in [1.165, 1.54) is 0 Å². The first-order chi connectivity index (χ1) is 8.71. The standard InChI is InChI=1S/C15H18O3/c1-4-5-6-10-7-11-8-13(17-2)14(18-3)9-12(11)15(10)16/h4-5,8-10H,6-7H2,1-3H3/b5-4+. The summed E-state index contributed by atoms with van der Waals surface area (Å²) in [7, 11) is 3.19. The minimum Gasteiger partial charge on any atom is -0.493 e. The van der Waals surface area contributed by atoms with E-state index in [4.69, 9.17) is 9.47 Å². The van der Waals surface area contributed by atoms with Crippen molar-refractivity contribution in [3.8, 4) is 11.5 Å². The number of rotatable bonds is 4. The van der Waals surface area contributed by atoms with Gasteiger partial charge in [0, 0.05) is 11.5 Å². The van der Waals surface area contributed by atoms with Crippen LogP contribution in [0.15, 0.2) is 24.3 Å². The highest BCUT2D eigenvalue weighted by molar-refractivity contribution is 6.03. The van der Waals surface area contributed by atoms with Crippen molar-refractivity contribution in [2.45, 2.75) is 19.8 Å². The zero-order chi connectivity index (χ0) is 13.1. The molecule has 1 aliphatic rings. The molecule has 1 unspecified atom stereocenters. The van der Waals surface area contributed by atoms with E-state index in [0.29, 0.717) is 11.5 Å². The molecule has 0 radical (unpaired) electrons. The first-order valence-corrected chi connectivity index (χ1v) is 6.11. The average Bonchev–Trinajstić information content (AvgIpc) is 2.71. The molecule has 0 heterocycles. The molecule has 0 aliphatic heterocycles. The molecule has 2 rings (SSSR count). The van der Waals surface area contributed by atoms with Gasteiger partial charge in [0.25, 0.3) is 0 Å². The van der Waals surface area contributed by atoms with Gasteiger partial charge in [-0.25, -0.2) is 0 Å². The van der Waals surface area contributed by atoms with Gasteiger partial charge in [0.05, 0.1) is 14.2 Å². The van der Waals surface area contributed by atoms with E-state index in [0.717, 1.165) is 24.0 Å². The number of Topliss-reactive ketones (excluding diaryl/α,β-unsaturated/α-hetero) is 1. The van der Waals surface area contributed by atoms with Gasteiger partial charge < -0.3 is 9.47 Å². The van der Waals surface area contributed by atoms with Crippen molar-refractivity contribution < 1.29 is 14.3 Å². The second-order valence-electron chi connectivity index (χ2n) is 4.43. The Labute approximate surface area is 107 Å². The second-order valence-corrected chi connectivity index (χ2v) is 4.43. The third-order valence-corrected chi connectivity index (χ3v) is 3.37. The number of methoxy groups -OCH3 is 2. The van der Waals surface area contributed by atoms with E-state index in [1.807, 2.05) is 25.1 Å². The molecule has 1 aliphatic carbocycles. The van der Waals surface area contributed by atoms with Gasteiger partial charge in [0.1, 0.15) is 0 Å². The first-order valence-electron chi connectivity index (χ1n) is 6.11. The van der Waals surface area contributed by atoms with E-state index < -0.39 is 0 Å². The Bertz CT molecular complexity index is 489. The van der Waals surface area contributed by atoms with E-state index in [1.54, 1.807) is 20.3 Å². The fourth-order valence-corrected chi connectivity index (χ4v) is 2.39. The maximum absolute atomic E-state index is 12.2. The number of benzene rings is 1. The lowest BCUT2D eigenvalue weighted by Gasteiger charge is -2.09. The van der Waals surface area contributed by atoms with E-state index in [-0.39, 0.29) is 11.7 Å². The molecule has 18 heavy (non-hydrogen) atoms. The Hall–Kier alpha value is -1.77. The Morgan fingerprint density at radius 1 is 1.28 bits per heavy atom. The minimum absolute atomic E-state index is 0.0630. The van der Waals surface area contributed by atoms with Crippen molar-refractivity contribution >= 4 is 5.78 Å². The van der Waals surface area contributed by atoms with Crippen LogP contribution in [-0.4, -0.2) is 20.0 Å². The van der Waals surface area contributed by atoms with Gasteiger partial charge in [-0.3, -0.25) is 4.79 Å². The monoisotopic (exact) mass is 246 g/mol. The lowest BCUT2D eigenvalue weighted by atomic mass is 10.0. The molecule has 0 saturated carbocycles. The largest absolute Gasteiger partial charge is 0.493 e. The van der Waals surface area contributed by atoms with Crippen LogP contribution in [0.3, 0.4) is 0 Å². The van der Waals surface area contributed by atoms with Crippen LogP contribution in [0.25, 0.3) is 0 Å². The van der Waals surface area contributed by atoms with Gasteiger partial charge in [-0.2, -0.15) is 0 Å². The third kappa shape index (κ3) is 2.13. The summed E-state index contributed by atoms with van der Waals surface area (Å²) < 4.78 is 10.5. The predicted molar refractivity (Wildman–Crippen MR) is 70.5 cm³/mol. The van der Waals surface area contributed by atoms with Crippen LogP contribution < -0.4 is 9.47 Å².